The molecular weight excluding hydrogens is 288 g/mol. The highest BCUT2D eigenvalue weighted by molar-refractivity contribution is 6.12. The Hall–Kier alpha value is -2.36. The lowest BCUT2D eigenvalue weighted by Gasteiger charge is -2.10. The maximum absolute atomic E-state index is 12.7. The summed E-state index contributed by atoms with van der Waals surface area (Å²) >= 11 is 0. The topological polar surface area (TPSA) is 51.2 Å². The molecule has 0 unspecified atom stereocenters. The fourth-order valence-electron chi connectivity index (χ4n) is 2.41. The van der Waals surface area contributed by atoms with Crippen molar-refractivity contribution >= 4 is 11.6 Å². The summed E-state index contributed by atoms with van der Waals surface area (Å²) in [6.07, 6.45) is 6.42. The molecule has 0 spiro atoms. The Morgan fingerprint density at radius 3 is 2.83 bits per heavy atom. The van der Waals surface area contributed by atoms with Gasteiger partial charge >= 0.3 is 0 Å². The zero-order valence-electron chi connectivity index (χ0n) is 13.8. The van der Waals surface area contributed by atoms with Crippen LogP contribution in [0.15, 0.2) is 42.6 Å². The Morgan fingerprint density at radius 1 is 1.17 bits per heavy atom. The summed E-state index contributed by atoms with van der Waals surface area (Å²) in [5.74, 6) is 1.28. The Bertz CT molecular complexity index is 641. The van der Waals surface area contributed by atoms with Gasteiger partial charge in [-0.05, 0) is 30.7 Å². The van der Waals surface area contributed by atoms with E-state index in [-0.39, 0.29) is 5.78 Å². The second-order valence-corrected chi connectivity index (χ2v) is 5.45. The molecule has 0 bridgehead atoms. The first-order chi connectivity index (χ1) is 11.3. The van der Waals surface area contributed by atoms with Crippen molar-refractivity contribution in [3.05, 3.63) is 53.7 Å². The summed E-state index contributed by atoms with van der Waals surface area (Å²) in [5, 5.41) is 3.29. The standard InChI is InChI=1S/C19H24N2O2/c1-3-4-5-6-12-20-19-17(11-8-13-21-19)18(22)15-9-7-10-16(14-15)23-2/h7-11,13-14H,3-6,12H2,1-2H3,(H,20,21). The van der Waals surface area contributed by atoms with E-state index < -0.39 is 0 Å². The van der Waals surface area contributed by atoms with Crippen LogP contribution in [0.4, 0.5) is 5.82 Å². The van der Waals surface area contributed by atoms with E-state index in [1.54, 1.807) is 31.5 Å². The predicted octanol–water partition coefficient (Wildman–Crippen LogP) is 4.31. The van der Waals surface area contributed by atoms with E-state index >= 15 is 0 Å². The minimum atomic E-state index is -0.0481. The van der Waals surface area contributed by atoms with Gasteiger partial charge in [-0.15, -0.1) is 0 Å². The number of rotatable bonds is 9. The Balaban J connectivity index is 2.10. The van der Waals surface area contributed by atoms with E-state index in [1.165, 1.54) is 19.3 Å². The molecule has 0 amide bonds. The first kappa shape index (κ1) is 17.0. The molecule has 2 rings (SSSR count). The molecule has 23 heavy (non-hydrogen) atoms. The Labute approximate surface area is 137 Å². The third-order valence-electron chi connectivity index (χ3n) is 3.71. The van der Waals surface area contributed by atoms with Gasteiger partial charge in [0.25, 0.3) is 0 Å². The number of ketones is 1. The monoisotopic (exact) mass is 312 g/mol. The van der Waals surface area contributed by atoms with E-state index in [9.17, 15) is 4.79 Å². The Kier molecular flexibility index (Phi) is 6.60. The third-order valence-corrected chi connectivity index (χ3v) is 3.71. The minimum Gasteiger partial charge on any atom is -0.497 e. The number of carbonyl (C=O) groups is 1. The lowest BCUT2D eigenvalue weighted by atomic mass is 10.0. The molecule has 2 aromatic rings. The SMILES string of the molecule is CCCCCCNc1ncccc1C(=O)c1cccc(OC)c1. The van der Waals surface area contributed by atoms with Gasteiger partial charge in [-0.2, -0.15) is 0 Å². The number of unbranched alkanes of at least 4 members (excludes halogenated alkanes) is 3. The van der Waals surface area contributed by atoms with Gasteiger partial charge in [0.15, 0.2) is 5.78 Å². The summed E-state index contributed by atoms with van der Waals surface area (Å²) in [5.41, 5.74) is 1.20. The summed E-state index contributed by atoms with van der Waals surface area (Å²) < 4.78 is 5.19. The van der Waals surface area contributed by atoms with Crippen LogP contribution in [0.3, 0.4) is 0 Å². The van der Waals surface area contributed by atoms with Gasteiger partial charge in [0, 0.05) is 18.3 Å². The van der Waals surface area contributed by atoms with E-state index in [4.69, 9.17) is 4.74 Å². The average Bonchev–Trinajstić information content (AvgIpc) is 2.61. The summed E-state index contributed by atoms with van der Waals surface area (Å²) in [7, 11) is 1.59. The molecule has 1 heterocycles. The highest BCUT2D eigenvalue weighted by Gasteiger charge is 2.14. The van der Waals surface area contributed by atoms with Gasteiger partial charge in [-0.25, -0.2) is 4.98 Å². The van der Waals surface area contributed by atoms with E-state index in [0.717, 1.165) is 13.0 Å². The van der Waals surface area contributed by atoms with Crippen LogP contribution in [0.1, 0.15) is 48.5 Å². The van der Waals surface area contributed by atoms with Crippen molar-refractivity contribution in [1.29, 1.82) is 0 Å². The van der Waals surface area contributed by atoms with Crippen molar-refractivity contribution in [3.63, 3.8) is 0 Å². The number of nitrogens with one attached hydrogen (secondary N) is 1. The first-order valence-corrected chi connectivity index (χ1v) is 8.14. The van der Waals surface area contributed by atoms with Gasteiger partial charge in [0.2, 0.25) is 0 Å². The maximum atomic E-state index is 12.7. The van der Waals surface area contributed by atoms with Crippen LogP contribution < -0.4 is 10.1 Å². The maximum Gasteiger partial charge on any atom is 0.196 e. The molecule has 0 fully saturated rings. The fraction of sp³-hybridized carbons (Fsp3) is 0.368. The normalized spacial score (nSPS) is 10.3. The second kappa shape index (κ2) is 8.93. The molecule has 0 aliphatic heterocycles. The predicted molar refractivity (Wildman–Crippen MR) is 93.3 cm³/mol. The number of hydrogen-bond acceptors (Lipinski definition) is 4. The van der Waals surface area contributed by atoms with Crippen LogP contribution in [0.5, 0.6) is 5.75 Å². The van der Waals surface area contributed by atoms with Crippen molar-refractivity contribution in [2.45, 2.75) is 32.6 Å². The minimum absolute atomic E-state index is 0.0481. The van der Waals surface area contributed by atoms with Crippen molar-refractivity contribution in [2.75, 3.05) is 19.0 Å². The number of anilines is 1. The molecule has 4 nitrogen and oxygen atoms in total. The summed E-state index contributed by atoms with van der Waals surface area (Å²) in [6.45, 7) is 3.02. The number of methoxy groups -OCH3 is 1. The van der Waals surface area contributed by atoms with Gasteiger partial charge in [-0.1, -0.05) is 38.3 Å². The van der Waals surface area contributed by atoms with Crippen molar-refractivity contribution < 1.29 is 9.53 Å². The van der Waals surface area contributed by atoms with Crippen LogP contribution in [0.25, 0.3) is 0 Å². The van der Waals surface area contributed by atoms with E-state index in [2.05, 4.69) is 17.2 Å². The molecule has 122 valence electrons. The largest absolute Gasteiger partial charge is 0.497 e. The highest BCUT2D eigenvalue weighted by atomic mass is 16.5. The zero-order valence-corrected chi connectivity index (χ0v) is 13.8. The summed E-state index contributed by atoms with van der Waals surface area (Å²) in [4.78, 5) is 17.1. The first-order valence-electron chi connectivity index (χ1n) is 8.14. The van der Waals surface area contributed by atoms with Crippen LogP contribution in [-0.4, -0.2) is 24.4 Å². The van der Waals surface area contributed by atoms with Crippen molar-refractivity contribution in [2.24, 2.45) is 0 Å². The van der Waals surface area contributed by atoms with Crippen LogP contribution in [-0.2, 0) is 0 Å². The number of ether oxygens (including phenoxy) is 1. The van der Waals surface area contributed by atoms with Gasteiger partial charge in [0.1, 0.15) is 11.6 Å². The molecule has 0 radical (unpaired) electrons. The van der Waals surface area contributed by atoms with Crippen molar-refractivity contribution in [1.82, 2.24) is 4.98 Å². The zero-order chi connectivity index (χ0) is 16.5. The van der Waals surface area contributed by atoms with Crippen LogP contribution in [0.2, 0.25) is 0 Å². The molecule has 0 aliphatic carbocycles. The number of pyridine rings is 1. The second-order valence-electron chi connectivity index (χ2n) is 5.45. The van der Waals surface area contributed by atoms with Gasteiger partial charge in [0.05, 0.1) is 12.7 Å². The number of aromatic nitrogens is 1. The molecule has 0 saturated carbocycles. The average molecular weight is 312 g/mol. The van der Waals surface area contributed by atoms with Gasteiger partial charge < -0.3 is 10.1 Å². The third kappa shape index (κ3) is 4.81. The molecular formula is C19H24N2O2. The smallest absolute Gasteiger partial charge is 0.196 e. The van der Waals surface area contributed by atoms with E-state index in [1.807, 2.05) is 18.2 Å². The molecule has 0 atom stereocenters. The number of nitrogens with zero attached hydrogens (tertiary/aromatic N) is 1. The van der Waals surface area contributed by atoms with E-state index in [0.29, 0.717) is 22.7 Å². The van der Waals surface area contributed by atoms with Gasteiger partial charge in [-0.3, -0.25) is 4.79 Å². The molecule has 1 aromatic heterocycles. The van der Waals surface area contributed by atoms with Crippen LogP contribution in [0, 0.1) is 0 Å². The Morgan fingerprint density at radius 2 is 2.04 bits per heavy atom. The lowest BCUT2D eigenvalue weighted by molar-refractivity contribution is 0.103. The molecule has 1 N–H and O–H groups in total. The fourth-order valence-corrected chi connectivity index (χ4v) is 2.41. The number of hydrogen-bond donors (Lipinski definition) is 1. The number of benzene rings is 1. The highest BCUT2D eigenvalue weighted by Crippen LogP contribution is 2.20. The molecule has 0 aliphatic rings. The molecule has 0 saturated heterocycles. The number of carbonyl (C=O) groups excluding carboxylic acids is 1. The van der Waals surface area contributed by atoms with Crippen LogP contribution >= 0.6 is 0 Å². The molecule has 4 heteroatoms. The quantitative estimate of drug-likeness (QED) is 0.553. The van der Waals surface area contributed by atoms with Crippen molar-refractivity contribution in [3.8, 4) is 5.75 Å². The molecule has 1 aromatic carbocycles. The lowest BCUT2D eigenvalue weighted by Crippen LogP contribution is -2.10. The summed E-state index contributed by atoms with van der Waals surface area (Å²) in [6, 6.07) is 10.8.